The highest BCUT2D eigenvalue weighted by molar-refractivity contribution is 7.88. The minimum atomic E-state index is -4.53. The predicted octanol–water partition coefficient (Wildman–Crippen LogP) is 12.9. The van der Waals surface area contributed by atoms with Gasteiger partial charge in [0.25, 0.3) is 0 Å². The summed E-state index contributed by atoms with van der Waals surface area (Å²) in [5, 5.41) is 12.8. The Morgan fingerprint density at radius 1 is 0.741 bits per heavy atom. The lowest BCUT2D eigenvalue weighted by Crippen LogP contribution is -2.01. The van der Waals surface area contributed by atoms with Crippen LogP contribution in [0, 0.1) is 0 Å². The van der Waals surface area contributed by atoms with E-state index in [9.17, 15) is 13.0 Å². The zero-order chi connectivity index (χ0) is 40.7. The Labute approximate surface area is 360 Å². The summed E-state index contributed by atoms with van der Waals surface area (Å²) in [5.41, 5.74) is 3.75. The monoisotopic (exact) mass is 922 g/mol. The number of unbranched alkanes of at least 4 members (excludes halogenated alkanes) is 5. The summed E-state index contributed by atoms with van der Waals surface area (Å²) in [6.07, 6.45) is 7.71. The van der Waals surface area contributed by atoms with Crippen molar-refractivity contribution in [3.63, 3.8) is 0 Å². The second-order valence-electron chi connectivity index (χ2n) is 13.5. The van der Waals surface area contributed by atoms with Crippen LogP contribution in [0.5, 0.6) is 11.5 Å². The van der Waals surface area contributed by atoms with Gasteiger partial charge in [-0.25, -0.2) is 18.1 Å². The molecular weight excluding hydrogens is 892 g/mol. The van der Waals surface area contributed by atoms with Crippen LogP contribution in [-0.2, 0) is 23.0 Å². The van der Waals surface area contributed by atoms with E-state index < -0.39 is 21.8 Å². The van der Waals surface area contributed by atoms with E-state index in [0.29, 0.717) is 74.9 Å². The van der Waals surface area contributed by atoms with E-state index >= 15 is 8.78 Å². The van der Waals surface area contributed by atoms with Crippen LogP contribution in [0.3, 0.4) is 0 Å². The number of fused-ring (bicyclic) bond motifs is 6. The maximum absolute atomic E-state index is 16.0. The molecule has 0 atom stereocenters. The second kappa shape index (κ2) is 17.1. The molecule has 18 heteroatoms. The highest BCUT2D eigenvalue weighted by Gasteiger charge is 2.32. The molecule has 0 saturated carbocycles. The maximum atomic E-state index is 16.0. The molecule has 1 N–H and O–H groups in total. The highest BCUT2D eigenvalue weighted by atomic mass is 35.5. The molecule has 2 aliphatic rings. The van der Waals surface area contributed by atoms with Crippen LogP contribution in [0.4, 0.5) is 8.78 Å². The molecule has 0 unspecified atom stereocenters. The van der Waals surface area contributed by atoms with E-state index in [2.05, 4.69) is 5.10 Å². The molecule has 0 amide bonds. The maximum Gasteiger partial charge on any atom is 0.304 e. The van der Waals surface area contributed by atoms with Gasteiger partial charge in [-0.3, -0.25) is 4.55 Å². The minimum Gasteiger partial charge on any atom is -0.492 e. The molecule has 0 bridgehead atoms. The number of thiophene rings is 2. The van der Waals surface area contributed by atoms with E-state index in [1.165, 1.54) is 34.2 Å². The van der Waals surface area contributed by atoms with Gasteiger partial charge in [0.15, 0.2) is 4.21 Å². The predicted molar refractivity (Wildman–Crippen MR) is 228 cm³/mol. The van der Waals surface area contributed by atoms with Crippen molar-refractivity contribution in [2.45, 2.75) is 55.6 Å². The summed E-state index contributed by atoms with van der Waals surface area (Å²) in [4.78, 5) is 1.22. The first-order valence-electron chi connectivity index (χ1n) is 18.2. The molecule has 58 heavy (non-hydrogen) atoms. The fourth-order valence-electron chi connectivity index (χ4n) is 7.03. The third kappa shape index (κ3) is 8.22. The molecular formula is C40H32Cl4F2N4O5S3. The smallest absolute Gasteiger partial charge is 0.304 e. The van der Waals surface area contributed by atoms with Gasteiger partial charge in [-0.05, 0) is 85.7 Å². The second-order valence-corrected chi connectivity index (χ2v) is 18.8. The van der Waals surface area contributed by atoms with Crippen molar-refractivity contribution >= 4 is 90.8 Å². The molecule has 9 nitrogen and oxygen atoms in total. The van der Waals surface area contributed by atoms with Crippen LogP contribution >= 0.6 is 69.1 Å². The first kappa shape index (κ1) is 41.0. The molecule has 8 rings (SSSR count). The summed E-state index contributed by atoms with van der Waals surface area (Å²) < 4.78 is 80.4. The fourth-order valence-corrected chi connectivity index (χ4v) is 10.7. The lowest BCUT2D eigenvalue weighted by molar-refractivity contribution is 0.326. The zero-order valence-corrected chi connectivity index (χ0v) is 35.8. The van der Waals surface area contributed by atoms with Crippen molar-refractivity contribution in [2.75, 3.05) is 13.2 Å². The van der Waals surface area contributed by atoms with Gasteiger partial charge in [-0.15, -0.1) is 22.7 Å². The Hall–Kier alpha value is -3.73. The van der Waals surface area contributed by atoms with Gasteiger partial charge in [0.05, 0.1) is 55.8 Å². The average molecular weight is 925 g/mol. The van der Waals surface area contributed by atoms with E-state index in [4.69, 9.17) is 61.0 Å². The van der Waals surface area contributed by atoms with Crippen molar-refractivity contribution in [3.8, 4) is 44.0 Å². The van der Waals surface area contributed by atoms with Gasteiger partial charge in [-0.1, -0.05) is 59.2 Å². The number of hydrogen-bond donors (Lipinski definition) is 1. The van der Waals surface area contributed by atoms with E-state index in [1.807, 2.05) is 11.4 Å². The molecule has 2 aromatic carbocycles. The van der Waals surface area contributed by atoms with Crippen molar-refractivity contribution in [2.24, 2.45) is 0 Å². The third-order valence-electron chi connectivity index (χ3n) is 9.71. The Morgan fingerprint density at radius 2 is 1.26 bits per heavy atom. The molecule has 4 aromatic heterocycles. The van der Waals surface area contributed by atoms with Gasteiger partial charge < -0.3 is 9.47 Å². The summed E-state index contributed by atoms with van der Waals surface area (Å²) in [6.45, 7) is 0.511. The number of ether oxygens (including phenoxy) is 2. The van der Waals surface area contributed by atoms with Gasteiger partial charge >= 0.3 is 10.1 Å². The largest absolute Gasteiger partial charge is 0.492 e. The van der Waals surface area contributed by atoms with E-state index in [0.717, 1.165) is 52.5 Å². The number of nitrogens with zero attached hydrogens (tertiary/aromatic N) is 4. The van der Waals surface area contributed by atoms with E-state index in [1.54, 1.807) is 41.1 Å². The van der Waals surface area contributed by atoms with Crippen LogP contribution < -0.4 is 9.47 Å². The lowest BCUT2D eigenvalue weighted by atomic mass is 10.1. The minimum absolute atomic E-state index is 0.0837. The van der Waals surface area contributed by atoms with Crippen LogP contribution in [0.15, 0.2) is 70.3 Å². The molecule has 0 spiro atoms. The first-order chi connectivity index (χ1) is 27.9. The Bertz CT molecular complexity index is 2720. The SMILES string of the molecule is O=S(=O)(O)c1cc2c(s1)-c1c(c(/C(F)=C/CCCCCC/C=C(\F)c3nn(-c4ccc(Cl)cc4Cl)c4c3CCOc3ccsc3-4)nn1-c1ccc(Cl)cc1Cl)CCO2. The third-order valence-corrected chi connectivity index (χ3v) is 14.1. The summed E-state index contributed by atoms with van der Waals surface area (Å²) >= 11 is 27.8. The van der Waals surface area contributed by atoms with Crippen molar-refractivity contribution in [3.05, 3.63) is 109 Å². The van der Waals surface area contributed by atoms with Crippen molar-refractivity contribution < 1.29 is 31.2 Å². The fraction of sp³-hybridized carbons (Fsp3) is 0.250. The van der Waals surface area contributed by atoms with E-state index in [-0.39, 0.29) is 39.4 Å². The van der Waals surface area contributed by atoms with Gasteiger partial charge in [-0.2, -0.15) is 18.6 Å². The van der Waals surface area contributed by atoms with Crippen LogP contribution in [-0.4, -0.2) is 45.7 Å². The van der Waals surface area contributed by atoms with Crippen LogP contribution in [0.1, 0.15) is 61.0 Å². The normalized spacial score (nSPS) is 14.2. The highest BCUT2D eigenvalue weighted by Crippen LogP contribution is 2.47. The van der Waals surface area contributed by atoms with Crippen molar-refractivity contribution in [1.82, 2.24) is 19.6 Å². The quantitative estimate of drug-likeness (QED) is 0.0962. The summed E-state index contributed by atoms with van der Waals surface area (Å²) in [5.74, 6) is -0.0138. The molecule has 0 saturated heterocycles. The Morgan fingerprint density at radius 3 is 1.78 bits per heavy atom. The number of hydrogen-bond acceptors (Lipinski definition) is 8. The van der Waals surface area contributed by atoms with Gasteiger partial charge in [0, 0.05) is 40.1 Å². The molecule has 6 heterocycles. The van der Waals surface area contributed by atoms with Gasteiger partial charge in [0.2, 0.25) is 0 Å². The molecule has 0 aliphatic carbocycles. The standard InChI is InChI=1S/C40H32Cl4F2N4O5S3/c41-22-9-11-30(26(43)19-22)49-37-24(13-16-54-32-15-18-56-39(32)37)35(47-49)28(45)7-5-3-1-2-4-6-8-29(46)36-25-14-17-55-33-21-34(58(51,52)53)57-40(33)38(25)50(48-36)31-12-10-23(42)20-27(31)44/h7-12,15,18-21H,1-6,13-14,16-17H2,(H,51,52,53)/b28-7-,29-8-. The van der Waals surface area contributed by atoms with Crippen LogP contribution in [0.25, 0.3) is 44.2 Å². The molecule has 0 fully saturated rings. The number of benzene rings is 2. The molecule has 0 radical (unpaired) electrons. The number of aromatic nitrogens is 4. The summed E-state index contributed by atoms with van der Waals surface area (Å²) in [6, 6.07) is 13.1. The zero-order valence-electron chi connectivity index (χ0n) is 30.3. The Kier molecular flexibility index (Phi) is 12.1. The molecule has 6 aromatic rings. The number of allylic oxidation sites excluding steroid dienone is 2. The Balaban J connectivity index is 0.954. The number of halogens is 6. The first-order valence-corrected chi connectivity index (χ1v) is 22.9. The van der Waals surface area contributed by atoms with Gasteiger partial charge in [0.1, 0.15) is 34.5 Å². The molecule has 302 valence electrons. The topological polar surface area (TPSA) is 108 Å². The van der Waals surface area contributed by atoms with Crippen LogP contribution in [0.2, 0.25) is 20.1 Å². The summed E-state index contributed by atoms with van der Waals surface area (Å²) in [7, 11) is -4.53. The number of rotatable bonds is 12. The average Bonchev–Trinajstić information content (AvgIpc) is 3.94. The lowest BCUT2D eigenvalue weighted by Gasteiger charge is -2.09. The van der Waals surface area contributed by atoms with Crippen molar-refractivity contribution in [1.29, 1.82) is 0 Å². The molecule has 2 aliphatic heterocycles.